The van der Waals surface area contributed by atoms with Gasteiger partial charge in [-0.25, -0.2) is 0 Å². The van der Waals surface area contributed by atoms with Crippen molar-refractivity contribution >= 4 is 5.91 Å². The number of furan rings is 1. The van der Waals surface area contributed by atoms with E-state index in [1.54, 1.807) is 19.2 Å². The van der Waals surface area contributed by atoms with E-state index < -0.39 is 0 Å². The summed E-state index contributed by atoms with van der Waals surface area (Å²) in [7, 11) is 1.57. The smallest absolute Gasteiger partial charge is 0.287 e. The Balaban J connectivity index is 1.78. The summed E-state index contributed by atoms with van der Waals surface area (Å²) in [5.41, 5.74) is 0. The number of amides is 1. The lowest BCUT2D eigenvalue weighted by Gasteiger charge is -2.28. The average molecular weight is 363 g/mol. The molecule has 3 rings (SSSR count). The number of ether oxygens (including phenoxy) is 2. The minimum Gasteiger partial charge on any atom is -0.453 e. The number of carbonyl (C=O) groups excluding carboxylic acids is 1. The van der Waals surface area contributed by atoms with Crippen molar-refractivity contribution in [3.8, 4) is 0 Å². The second-order valence-corrected chi connectivity index (χ2v) is 6.75. The Morgan fingerprint density at radius 1 is 1.35 bits per heavy atom. The predicted molar refractivity (Wildman–Crippen MR) is 91.6 cm³/mol. The van der Waals surface area contributed by atoms with Gasteiger partial charge < -0.3 is 23.7 Å². The molecule has 1 N–H and O–H groups in total. The van der Waals surface area contributed by atoms with Gasteiger partial charge in [-0.2, -0.15) is 4.98 Å². The van der Waals surface area contributed by atoms with Crippen molar-refractivity contribution in [1.82, 2.24) is 15.5 Å². The molecule has 0 radical (unpaired) electrons. The monoisotopic (exact) mass is 363 g/mol. The van der Waals surface area contributed by atoms with Crippen LogP contribution in [0.15, 0.2) is 21.1 Å². The lowest BCUT2D eigenvalue weighted by molar-refractivity contribution is 0.0462. The maximum absolute atomic E-state index is 12.7. The van der Waals surface area contributed by atoms with Gasteiger partial charge in [-0.05, 0) is 30.9 Å². The number of nitrogens with one attached hydrogen (secondary N) is 1. The Morgan fingerprint density at radius 2 is 2.12 bits per heavy atom. The zero-order chi connectivity index (χ0) is 18.5. The molecule has 142 valence electrons. The topological polar surface area (TPSA) is 99.6 Å². The first-order chi connectivity index (χ1) is 12.6. The number of rotatable bonds is 7. The molecule has 8 nitrogen and oxygen atoms in total. The minimum atomic E-state index is -0.373. The molecule has 1 aliphatic rings. The van der Waals surface area contributed by atoms with Gasteiger partial charge in [0, 0.05) is 26.2 Å². The van der Waals surface area contributed by atoms with Crippen LogP contribution in [0.4, 0.5) is 0 Å². The van der Waals surface area contributed by atoms with E-state index >= 15 is 0 Å². The van der Waals surface area contributed by atoms with Crippen LogP contribution in [0.5, 0.6) is 0 Å². The first-order valence-corrected chi connectivity index (χ1v) is 8.88. The Labute approximate surface area is 152 Å². The third-order valence-corrected chi connectivity index (χ3v) is 4.44. The predicted octanol–water partition coefficient (Wildman–Crippen LogP) is 2.83. The van der Waals surface area contributed by atoms with Gasteiger partial charge in [-0.15, -0.1) is 0 Å². The van der Waals surface area contributed by atoms with Crippen LogP contribution < -0.4 is 5.32 Å². The van der Waals surface area contributed by atoms with Crippen LogP contribution >= 0.6 is 0 Å². The van der Waals surface area contributed by atoms with Gasteiger partial charge in [0.15, 0.2) is 11.6 Å². The molecule has 1 fully saturated rings. The van der Waals surface area contributed by atoms with Crippen molar-refractivity contribution in [2.75, 3.05) is 20.3 Å². The van der Waals surface area contributed by atoms with Gasteiger partial charge in [0.1, 0.15) is 18.4 Å². The second-order valence-electron chi connectivity index (χ2n) is 6.75. The molecule has 1 atom stereocenters. The quantitative estimate of drug-likeness (QED) is 0.807. The molecule has 26 heavy (non-hydrogen) atoms. The van der Waals surface area contributed by atoms with E-state index in [2.05, 4.69) is 15.5 Å². The Morgan fingerprint density at radius 3 is 2.77 bits per heavy atom. The average Bonchev–Trinajstić information content (AvgIpc) is 3.30. The Kier molecular flexibility index (Phi) is 6.05. The Hall–Kier alpha value is -2.19. The summed E-state index contributed by atoms with van der Waals surface area (Å²) in [4.78, 5) is 17.1. The Bertz CT molecular complexity index is 718. The highest BCUT2D eigenvalue weighted by molar-refractivity contribution is 5.91. The standard InChI is InChI=1S/C18H25N3O5/c1-11(2)16-20-18(26-21-16)15(12-6-8-24-9-7-12)19-17(22)14-5-4-13(25-14)10-23-3/h4-5,11-12,15H,6-10H2,1-3H3,(H,19,22)/t15-/m0/s1. The molecule has 0 unspecified atom stereocenters. The SMILES string of the molecule is COCc1ccc(C(=O)N[C@H](c2nc(C(C)C)no2)C2CCOCC2)o1. The van der Waals surface area contributed by atoms with Gasteiger partial charge in [0.25, 0.3) is 5.91 Å². The number of nitrogens with zero attached hydrogens (tertiary/aromatic N) is 2. The summed E-state index contributed by atoms with van der Waals surface area (Å²) >= 11 is 0. The zero-order valence-corrected chi connectivity index (χ0v) is 15.4. The summed E-state index contributed by atoms with van der Waals surface area (Å²) in [6, 6.07) is 2.99. The van der Waals surface area contributed by atoms with Crippen molar-refractivity contribution in [3.05, 3.63) is 35.4 Å². The van der Waals surface area contributed by atoms with Crippen molar-refractivity contribution in [1.29, 1.82) is 0 Å². The van der Waals surface area contributed by atoms with Gasteiger partial charge in [0.2, 0.25) is 5.89 Å². The lowest BCUT2D eigenvalue weighted by atomic mass is 9.91. The van der Waals surface area contributed by atoms with E-state index in [-0.39, 0.29) is 29.5 Å². The number of aromatic nitrogens is 2. The van der Waals surface area contributed by atoms with E-state index in [4.69, 9.17) is 18.4 Å². The molecule has 0 saturated carbocycles. The lowest BCUT2D eigenvalue weighted by Crippen LogP contribution is -2.36. The minimum absolute atomic E-state index is 0.153. The van der Waals surface area contributed by atoms with Crippen LogP contribution in [0.3, 0.4) is 0 Å². The van der Waals surface area contributed by atoms with Gasteiger partial charge in [-0.1, -0.05) is 19.0 Å². The molecule has 1 amide bonds. The van der Waals surface area contributed by atoms with Gasteiger partial charge in [-0.3, -0.25) is 4.79 Å². The maximum atomic E-state index is 12.7. The van der Waals surface area contributed by atoms with Crippen molar-refractivity contribution in [2.24, 2.45) is 5.92 Å². The molecule has 1 saturated heterocycles. The number of methoxy groups -OCH3 is 1. The molecule has 0 bridgehead atoms. The van der Waals surface area contributed by atoms with Crippen molar-refractivity contribution in [3.63, 3.8) is 0 Å². The van der Waals surface area contributed by atoms with E-state index in [9.17, 15) is 4.79 Å². The molecule has 0 aliphatic carbocycles. The van der Waals surface area contributed by atoms with E-state index in [1.807, 2.05) is 13.8 Å². The molecular formula is C18H25N3O5. The molecular weight excluding hydrogens is 338 g/mol. The molecule has 3 heterocycles. The summed E-state index contributed by atoms with van der Waals surface area (Å²) < 4.78 is 21.4. The van der Waals surface area contributed by atoms with E-state index in [0.717, 1.165) is 12.8 Å². The van der Waals surface area contributed by atoms with E-state index in [0.29, 0.717) is 37.3 Å². The highest BCUT2D eigenvalue weighted by Gasteiger charge is 2.32. The first-order valence-electron chi connectivity index (χ1n) is 8.88. The summed E-state index contributed by atoms with van der Waals surface area (Å²) in [6.07, 6.45) is 1.63. The van der Waals surface area contributed by atoms with Crippen LogP contribution in [0.25, 0.3) is 0 Å². The molecule has 2 aromatic heterocycles. The van der Waals surface area contributed by atoms with Crippen molar-refractivity contribution in [2.45, 2.75) is 45.3 Å². The third kappa shape index (κ3) is 4.31. The summed E-state index contributed by atoms with van der Waals surface area (Å²) in [5.74, 6) is 1.90. The molecule has 1 aliphatic heterocycles. The maximum Gasteiger partial charge on any atom is 0.287 e. The fourth-order valence-electron chi connectivity index (χ4n) is 2.97. The molecule has 2 aromatic rings. The normalized spacial score (nSPS) is 16.8. The summed E-state index contributed by atoms with van der Waals surface area (Å²) in [5, 5.41) is 7.03. The molecule has 8 heteroatoms. The fraction of sp³-hybridized carbons (Fsp3) is 0.611. The van der Waals surface area contributed by atoms with Crippen LogP contribution in [0, 0.1) is 5.92 Å². The van der Waals surface area contributed by atoms with Crippen LogP contribution in [0.1, 0.15) is 66.7 Å². The van der Waals surface area contributed by atoms with Crippen LogP contribution in [-0.2, 0) is 16.1 Å². The third-order valence-electron chi connectivity index (χ3n) is 4.44. The molecule has 0 spiro atoms. The fourth-order valence-corrected chi connectivity index (χ4v) is 2.97. The highest BCUT2D eigenvalue weighted by atomic mass is 16.5. The second kappa shape index (κ2) is 8.46. The first kappa shape index (κ1) is 18.6. The highest BCUT2D eigenvalue weighted by Crippen LogP contribution is 2.30. The number of hydrogen-bond donors (Lipinski definition) is 1. The van der Waals surface area contributed by atoms with Crippen LogP contribution in [-0.4, -0.2) is 36.4 Å². The summed E-state index contributed by atoms with van der Waals surface area (Å²) in [6.45, 7) is 5.62. The van der Waals surface area contributed by atoms with Crippen molar-refractivity contribution < 1.29 is 23.2 Å². The van der Waals surface area contributed by atoms with Crippen LogP contribution in [0.2, 0.25) is 0 Å². The molecule has 0 aromatic carbocycles. The number of carbonyl (C=O) groups is 1. The van der Waals surface area contributed by atoms with Gasteiger partial charge in [0.05, 0.1) is 0 Å². The number of hydrogen-bond acceptors (Lipinski definition) is 7. The van der Waals surface area contributed by atoms with E-state index in [1.165, 1.54) is 0 Å². The largest absolute Gasteiger partial charge is 0.453 e. The zero-order valence-electron chi connectivity index (χ0n) is 15.4. The van der Waals surface area contributed by atoms with Gasteiger partial charge >= 0.3 is 0 Å².